The lowest BCUT2D eigenvalue weighted by atomic mass is 10.0. The van der Waals surface area contributed by atoms with Crippen molar-refractivity contribution in [2.24, 2.45) is 4.99 Å². The van der Waals surface area contributed by atoms with Crippen LogP contribution in [0.1, 0.15) is 35.3 Å². The molecule has 1 aliphatic heterocycles. The average molecular weight is 528 g/mol. The van der Waals surface area contributed by atoms with E-state index in [-0.39, 0.29) is 12.2 Å². The van der Waals surface area contributed by atoms with Gasteiger partial charge in [-0.3, -0.25) is 9.59 Å². The number of para-hydroxylation sites is 1. The number of nitrogens with zero attached hydrogens (tertiary/aromatic N) is 2. The van der Waals surface area contributed by atoms with Gasteiger partial charge in [0.1, 0.15) is 6.04 Å². The number of likely N-dealkylation sites (N-methyl/N-ethyl adjacent to an activating group) is 1. The molecule has 0 fully saturated rings. The molecule has 10 nitrogen and oxygen atoms in total. The predicted octanol–water partition coefficient (Wildman–Crippen LogP) is 3.33. The number of hydrogen-bond acceptors (Lipinski definition) is 6. The first-order valence-corrected chi connectivity index (χ1v) is 12.4. The maximum Gasteiger partial charge on any atom is 0.338 e. The highest BCUT2D eigenvalue weighted by Gasteiger charge is 2.32. The lowest BCUT2D eigenvalue weighted by Gasteiger charge is -2.22. The van der Waals surface area contributed by atoms with Gasteiger partial charge in [-0.15, -0.1) is 0 Å². The third-order valence-corrected chi connectivity index (χ3v) is 6.04. The zero-order valence-corrected chi connectivity index (χ0v) is 21.8. The van der Waals surface area contributed by atoms with Crippen LogP contribution >= 0.6 is 0 Å². The molecule has 0 saturated heterocycles. The Morgan fingerprint density at radius 3 is 2.46 bits per heavy atom. The summed E-state index contributed by atoms with van der Waals surface area (Å²) in [6, 6.07) is 21.4. The van der Waals surface area contributed by atoms with Crippen LogP contribution in [0.5, 0.6) is 0 Å². The normalized spacial score (nSPS) is 15.3. The largest absolute Gasteiger partial charge is 0.462 e. The molecule has 1 aliphatic rings. The second-order valence-corrected chi connectivity index (χ2v) is 8.79. The molecule has 3 aromatic carbocycles. The van der Waals surface area contributed by atoms with Gasteiger partial charge in [-0.2, -0.15) is 0 Å². The molecule has 0 radical (unpaired) electrons. The minimum atomic E-state index is -1.21. The van der Waals surface area contributed by atoms with E-state index in [1.54, 1.807) is 32.2 Å². The van der Waals surface area contributed by atoms with E-state index in [9.17, 15) is 19.2 Å². The molecule has 0 bridgehead atoms. The summed E-state index contributed by atoms with van der Waals surface area (Å²) in [6.45, 7) is 3.42. The maximum absolute atomic E-state index is 13.3. The van der Waals surface area contributed by atoms with Crippen molar-refractivity contribution in [3.8, 4) is 0 Å². The molecule has 10 heteroatoms. The summed E-state index contributed by atoms with van der Waals surface area (Å²) in [5.41, 5.74) is 3.41. The van der Waals surface area contributed by atoms with Crippen LogP contribution in [-0.4, -0.2) is 55.4 Å². The van der Waals surface area contributed by atoms with E-state index < -0.39 is 36.0 Å². The van der Waals surface area contributed by atoms with Crippen LogP contribution in [0.3, 0.4) is 0 Å². The predicted molar refractivity (Wildman–Crippen MR) is 148 cm³/mol. The standard InChI is InChI=1S/C29H29N5O5/c1-4-39-28(37)20-13-10-14-21(17-20)31-29(38)30-18(2)26(35)33-25-27(36)34(3)23-16-9-8-15-22(23)24(32-25)19-11-6-5-7-12-19/h5-18,25H,4H2,1-3H3,(H,33,35)(H2,30,31,38)/t18-,25+/m0/s1. The molecule has 200 valence electrons. The van der Waals surface area contributed by atoms with Crippen molar-refractivity contribution in [1.82, 2.24) is 10.6 Å². The number of nitrogens with one attached hydrogen (secondary N) is 3. The lowest BCUT2D eigenvalue weighted by Crippen LogP contribution is -2.52. The molecule has 3 N–H and O–H groups in total. The summed E-state index contributed by atoms with van der Waals surface area (Å²) in [6.07, 6.45) is -1.21. The van der Waals surface area contributed by atoms with E-state index in [4.69, 9.17) is 4.74 Å². The van der Waals surface area contributed by atoms with Crippen molar-refractivity contribution in [2.75, 3.05) is 23.9 Å². The van der Waals surface area contributed by atoms with Gasteiger partial charge in [0.25, 0.3) is 5.91 Å². The molecule has 4 rings (SSSR count). The molecular weight excluding hydrogens is 498 g/mol. The first-order chi connectivity index (χ1) is 18.8. The van der Waals surface area contributed by atoms with E-state index in [1.807, 2.05) is 54.6 Å². The number of esters is 1. The smallest absolute Gasteiger partial charge is 0.338 e. The monoisotopic (exact) mass is 527 g/mol. The Bertz CT molecular complexity index is 1420. The van der Waals surface area contributed by atoms with E-state index in [2.05, 4.69) is 20.9 Å². The molecule has 0 unspecified atom stereocenters. The molecule has 3 aromatic rings. The van der Waals surface area contributed by atoms with Crippen LogP contribution in [0, 0.1) is 0 Å². The molecule has 0 spiro atoms. The summed E-state index contributed by atoms with van der Waals surface area (Å²) in [5.74, 6) is -1.53. The van der Waals surface area contributed by atoms with Crippen molar-refractivity contribution >= 4 is 40.9 Å². The summed E-state index contributed by atoms with van der Waals surface area (Å²) < 4.78 is 4.98. The number of anilines is 2. The number of benzodiazepines with no additional fused rings is 1. The van der Waals surface area contributed by atoms with Crippen LogP contribution in [0.25, 0.3) is 0 Å². The van der Waals surface area contributed by atoms with E-state index in [0.29, 0.717) is 17.1 Å². The van der Waals surface area contributed by atoms with Crippen LogP contribution in [0.2, 0.25) is 0 Å². The molecule has 4 amide bonds. The van der Waals surface area contributed by atoms with Crippen LogP contribution < -0.4 is 20.9 Å². The van der Waals surface area contributed by atoms with Crippen molar-refractivity contribution in [1.29, 1.82) is 0 Å². The SMILES string of the molecule is CCOC(=O)c1cccc(NC(=O)N[C@@H](C)C(=O)N[C@H]2N=C(c3ccccc3)c3ccccc3N(C)C2=O)c1. The van der Waals surface area contributed by atoms with Gasteiger partial charge in [-0.25, -0.2) is 14.6 Å². The Morgan fingerprint density at radius 2 is 1.72 bits per heavy atom. The number of urea groups is 1. The number of fused-ring (bicyclic) bond motifs is 1. The van der Waals surface area contributed by atoms with Crippen molar-refractivity contribution in [2.45, 2.75) is 26.1 Å². The number of benzene rings is 3. The first kappa shape index (κ1) is 27.1. The van der Waals surface area contributed by atoms with Gasteiger partial charge in [-0.05, 0) is 38.1 Å². The highest BCUT2D eigenvalue weighted by molar-refractivity contribution is 6.20. The lowest BCUT2D eigenvalue weighted by molar-refractivity contribution is -0.128. The minimum absolute atomic E-state index is 0.228. The average Bonchev–Trinajstić information content (AvgIpc) is 3.04. The van der Waals surface area contributed by atoms with Gasteiger partial charge >= 0.3 is 12.0 Å². The second-order valence-electron chi connectivity index (χ2n) is 8.79. The summed E-state index contributed by atoms with van der Waals surface area (Å²) in [5, 5.41) is 7.80. The van der Waals surface area contributed by atoms with Gasteiger partial charge in [0.05, 0.1) is 23.6 Å². The topological polar surface area (TPSA) is 129 Å². The zero-order valence-electron chi connectivity index (χ0n) is 21.8. The Kier molecular flexibility index (Phi) is 8.35. The van der Waals surface area contributed by atoms with Crippen LogP contribution in [-0.2, 0) is 14.3 Å². The summed E-state index contributed by atoms with van der Waals surface area (Å²) in [4.78, 5) is 57.0. The highest BCUT2D eigenvalue weighted by atomic mass is 16.5. The van der Waals surface area contributed by atoms with E-state index in [1.165, 1.54) is 17.9 Å². The molecule has 0 saturated carbocycles. The van der Waals surface area contributed by atoms with Crippen molar-refractivity contribution in [3.63, 3.8) is 0 Å². The van der Waals surface area contributed by atoms with Crippen molar-refractivity contribution < 1.29 is 23.9 Å². The molecule has 2 atom stereocenters. The zero-order chi connectivity index (χ0) is 27.9. The number of amides is 4. The quantitative estimate of drug-likeness (QED) is 0.406. The highest BCUT2D eigenvalue weighted by Crippen LogP contribution is 2.27. The third kappa shape index (κ3) is 6.30. The summed E-state index contributed by atoms with van der Waals surface area (Å²) >= 11 is 0. The molecular formula is C29H29N5O5. The number of ether oxygens (including phenoxy) is 1. The number of hydrogen-bond donors (Lipinski definition) is 3. The first-order valence-electron chi connectivity index (χ1n) is 12.4. The fraction of sp³-hybridized carbons (Fsp3) is 0.207. The van der Waals surface area contributed by atoms with Gasteiger partial charge in [0.2, 0.25) is 12.1 Å². The van der Waals surface area contributed by atoms with Gasteiger partial charge < -0.3 is 25.6 Å². The van der Waals surface area contributed by atoms with E-state index in [0.717, 1.165) is 11.1 Å². The summed E-state index contributed by atoms with van der Waals surface area (Å²) in [7, 11) is 1.63. The fourth-order valence-electron chi connectivity index (χ4n) is 4.07. The maximum atomic E-state index is 13.3. The second kappa shape index (κ2) is 12.0. The Morgan fingerprint density at radius 1 is 1.00 bits per heavy atom. The number of carbonyl (C=O) groups is 4. The van der Waals surface area contributed by atoms with Gasteiger partial charge in [-0.1, -0.05) is 54.6 Å². The molecule has 1 heterocycles. The molecule has 0 aromatic heterocycles. The Labute approximate surface area is 226 Å². The molecule has 0 aliphatic carbocycles. The van der Waals surface area contributed by atoms with E-state index >= 15 is 0 Å². The van der Waals surface area contributed by atoms with Crippen LogP contribution in [0.15, 0.2) is 83.9 Å². The number of carbonyl (C=O) groups excluding carboxylic acids is 4. The van der Waals surface area contributed by atoms with Crippen LogP contribution in [0.4, 0.5) is 16.2 Å². The molecule has 39 heavy (non-hydrogen) atoms. The minimum Gasteiger partial charge on any atom is -0.462 e. The van der Waals surface area contributed by atoms with Gasteiger partial charge in [0.15, 0.2) is 0 Å². The number of aliphatic imine (C=N–C) groups is 1. The fourth-order valence-corrected chi connectivity index (χ4v) is 4.07. The van der Waals surface area contributed by atoms with Crippen molar-refractivity contribution in [3.05, 3.63) is 95.6 Å². The number of rotatable bonds is 7. The Hall–Kier alpha value is -4.99. The van der Waals surface area contributed by atoms with Gasteiger partial charge in [0, 0.05) is 23.9 Å². The third-order valence-electron chi connectivity index (χ3n) is 6.04. The Balaban J connectivity index is 1.48.